The monoisotopic (exact) mass is 287 g/mol. The van der Waals surface area contributed by atoms with Crippen molar-refractivity contribution in [1.82, 2.24) is 0 Å². The molecule has 5 nitrogen and oxygen atoms in total. The quantitative estimate of drug-likeness (QED) is 0.334. The SMILES string of the molecule is C=CCOc1ccc(C=C(C#N)C(=O)OCC)cc1OC. The molecular formula is C16H17NO4. The Kier molecular flexibility index (Phi) is 6.55. The molecule has 0 unspecified atom stereocenters. The Balaban J connectivity index is 3.05. The van der Waals surface area contributed by atoms with Crippen LogP contribution in [0.4, 0.5) is 0 Å². The molecule has 0 amide bonds. The van der Waals surface area contributed by atoms with E-state index in [1.54, 1.807) is 31.2 Å². The Morgan fingerprint density at radius 2 is 2.19 bits per heavy atom. The van der Waals surface area contributed by atoms with Gasteiger partial charge in [-0.05, 0) is 30.7 Å². The van der Waals surface area contributed by atoms with Crippen LogP contribution in [0.25, 0.3) is 6.08 Å². The van der Waals surface area contributed by atoms with Gasteiger partial charge in [-0.15, -0.1) is 0 Å². The Morgan fingerprint density at radius 3 is 2.76 bits per heavy atom. The molecule has 21 heavy (non-hydrogen) atoms. The van der Waals surface area contributed by atoms with E-state index in [4.69, 9.17) is 19.5 Å². The smallest absolute Gasteiger partial charge is 0.348 e. The molecule has 5 heteroatoms. The molecule has 0 aliphatic carbocycles. The first kappa shape index (κ1) is 16.3. The van der Waals surface area contributed by atoms with Gasteiger partial charge in [0.25, 0.3) is 0 Å². The number of rotatable bonds is 7. The van der Waals surface area contributed by atoms with Crippen molar-refractivity contribution in [3.63, 3.8) is 0 Å². The van der Waals surface area contributed by atoms with Gasteiger partial charge in [-0.1, -0.05) is 18.7 Å². The van der Waals surface area contributed by atoms with Crippen molar-refractivity contribution in [2.24, 2.45) is 0 Å². The highest BCUT2D eigenvalue weighted by Gasteiger charge is 2.11. The Morgan fingerprint density at radius 1 is 1.43 bits per heavy atom. The Bertz CT molecular complexity index is 584. The minimum atomic E-state index is -0.647. The van der Waals surface area contributed by atoms with Gasteiger partial charge in [0.15, 0.2) is 11.5 Å². The van der Waals surface area contributed by atoms with E-state index in [0.717, 1.165) is 0 Å². The summed E-state index contributed by atoms with van der Waals surface area (Å²) < 4.78 is 15.5. The maximum absolute atomic E-state index is 11.6. The maximum atomic E-state index is 11.6. The number of ether oxygens (including phenoxy) is 3. The number of carbonyl (C=O) groups is 1. The lowest BCUT2D eigenvalue weighted by Gasteiger charge is -2.10. The van der Waals surface area contributed by atoms with Crippen LogP contribution in [0, 0.1) is 11.3 Å². The zero-order valence-corrected chi connectivity index (χ0v) is 12.1. The molecule has 0 bridgehead atoms. The summed E-state index contributed by atoms with van der Waals surface area (Å²) in [4.78, 5) is 11.6. The number of hydrogen-bond donors (Lipinski definition) is 0. The summed E-state index contributed by atoms with van der Waals surface area (Å²) in [6.07, 6.45) is 3.07. The zero-order valence-electron chi connectivity index (χ0n) is 12.1. The number of methoxy groups -OCH3 is 1. The molecule has 0 fully saturated rings. The molecule has 0 saturated heterocycles. The third kappa shape index (κ3) is 4.69. The predicted molar refractivity (Wildman–Crippen MR) is 78.9 cm³/mol. The van der Waals surface area contributed by atoms with Gasteiger partial charge in [-0.3, -0.25) is 0 Å². The van der Waals surface area contributed by atoms with E-state index in [1.807, 2.05) is 6.07 Å². The van der Waals surface area contributed by atoms with Gasteiger partial charge in [0.05, 0.1) is 13.7 Å². The van der Waals surface area contributed by atoms with E-state index in [0.29, 0.717) is 23.7 Å². The highest BCUT2D eigenvalue weighted by Crippen LogP contribution is 2.29. The van der Waals surface area contributed by atoms with Crippen molar-refractivity contribution in [3.05, 3.63) is 42.0 Å². The van der Waals surface area contributed by atoms with E-state index < -0.39 is 5.97 Å². The van der Waals surface area contributed by atoms with Crippen LogP contribution >= 0.6 is 0 Å². The highest BCUT2D eigenvalue weighted by molar-refractivity contribution is 5.97. The number of carbonyl (C=O) groups excluding carboxylic acids is 1. The first-order chi connectivity index (χ1) is 10.2. The highest BCUT2D eigenvalue weighted by atomic mass is 16.5. The van der Waals surface area contributed by atoms with Gasteiger partial charge in [0.2, 0.25) is 0 Å². The van der Waals surface area contributed by atoms with Gasteiger partial charge in [-0.2, -0.15) is 5.26 Å². The minimum absolute atomic E-state index is 0.0707. The summed E-state index contributed by atoms with van der Waals surface area (Å²) in [5.74, 6) is 0.418. The van der Waals surface area contributed by atoms with Gasteiger partial charge < -0.3 is 14.2 Å². The number of benzene rings is 1. The number of esters is 1. The van der Waals surface area contributed by atoms with Crippen LogP contribution < -0.4 is 9.47 Å². The van der Waals surface area contributed by atoms with Crippen LogP contribution in [0.1, 0.15) is 12.5 Å². The van der Waals surface area contributed by atoms with Gasteiger partial charge in [-0.25, -0.2) is 4.79 Å². The van der Waals surface area contributed by atoms with Gasteiger partial charge in [0.1, 0.15) is 18.2 Å². The van der Waals surface area contributed by atoms with E-state index in [9.17, 15) is 4.79 Å². The topological polar surface area (TPSA) is 68.5 Å². The molecule has 0 heterocycles. The fourth-order valence-corrected chi connectivity index (χ4v) is 1.55. The van der Waals surface area contributed by atoms with Crippen molar-refractivity contribution in [2.45, 2.75) is 6.92 Å². The molecule has 1 aromatic carbocycles. The number of nitriles is 1. The molecule has 1 rings (SSSR count). The Labute approximate surface area is 124 Å². The molecule has 0 spiro atoms. The normalized spacial score (nSPS) is 10.4. The molecule has 0 aliphatic heterocycles. The van der Waals surface area contributed by atoms with E-state index in [-0.39, 0.29) is 12.2 Å². The minimum Gasteiger partial charge on any atom is -0.493 e. The fourth-order valence-electron chi connectivity index (χ4n) is 1.55. The summed E-state index contributed by atoms with van der Waals surface area (Å²) in [7, 11) is 1.51. The molecule has 110 valence electrons. The summed E-state index contributed by atoms with van der Waals surface area (Å²) in [5, 5.41) is 9.00. The molecule has 0 aromatic heterocycles. The summed E-state index contributed by atoms with van der Waals surface area (Å²) in [5.41, 5.74) is 0.570. The number of hydrogen-bond acceptors (Lipinski definition) is 5. The Hall–Kier alpha value is -2.74. The van der Waals surface area contributed by atoms with Crippen molar-refractivity contribution in [2.75, 3.05) is 20.3 Å². The average Bonchev–Trinajstić information content (AvgIpc) is 2.51. The lowest BCUT2D eigenvalue weighted by Crippen LogP contribution is -2.06. The van der Waals surface area contributed by atoms with E-state index in [1.165, 1.54) is 13.2 Å². The van der Waals surface area contributed by atoms with Crippen molar-refractivity contribution >= 4 is 12.0 Å². The molecule has 0 aliphatic rings. The molecular weight excluding hydrogens is 270 g/mol. The van der Waals surface area contributed by atoms with Crippen molar-refractivity contribution in [1.29, 1.82) is 5.26 Å². The fraction of sp³-hybridized carbons (Fsp3) is 0.250. The van der Waals surface area contributed by atoms with Crippen LogP contribution in [0.5, 0.6) is 11.5 Å². The first-order valence-corrected chi connectivity index (χ1v) is 6.36. The van der Waals surface area contributed by atoms with Gasteiger partial charge in [0, 0.05) is 0 Å². The zero-order chi connectivity index (χ0) is 15.7. The van der Waals surface area contributed by atoms with Crippen LogP contribution in [0.2, 0.25) is 0 Å². The lowest BCUT2D eigenvalue weighted by molar-refractivity contribution is -0.137. The standard InChI is InChI=1S/C16H17NO4/c1-4-8-21-14-7-6-12(10-15(14)19-3)9-13(11-17)16(18)20-5-2/h4,6-7,9-10H,1,5,8H2,2-3H3. The third-order valence-corrected chi connectivity index (χ3v) is 2.47. The summed E-state index contributed by atoms with van der Waals surface area (Å²) in [6, 6.07) is 6.92. The van der Waals surface area contributed by atoms with E-state index >= 15 is 0 Å². The van der Waals surface area contributed by atoms with Gasteiger partial charge >= 0.3 is 5.97 Å². The van der Waals surface area contributed by atoms with Crippen LogP contribution in [-0.4, -0.2) is 26.3 Å². The molecule has 0 atom stereocenters. The van der Waals surface area contributed by atoms with Crippen LogP contribution in [-0.2, 0) is 9.53 Å². The summed E-state index contributed by atoms with van der Waals surface area (Å²) >= 11 is 0. The second kappa shape index (κ2) is 8.43. The molecule has 0 saturated carbocycles. The number of nitrogens with zero attached hydrogens (tertiary/aromatic N) is 1. The van der Waals surface area contributed by atoms with Crippen molar-refractivity contribution < 1.29 is 19.0 Å². The largest absolute Gasteiger partial charge is 0.493 e. The van der Waals surface area contributed by atoms with Crippen LogP contribution in [0.15, 0.2) is 36.4 Å². The lowest BCUT2D eigenvalue weighted by atomic mass is 10.1. The molecule has 1 aromatic rings. The first-order valence-electron chi connectivity index (χ1n) is 6.36. The second-order valence-corrected chi connectivity index (χ2v) is 3.90. The summed E-state index contributed by atoms with van der Waals surface area (Å²) in [6.45, 7) is 5.83. The predicted octanol–water partition coefficient (Wildman–Crippen LogP) is 2.73. The van der Waals surface area contributed by atoms with Crippen molar-refractivity contribution in [3.8, 4) is 17.6 Å². The third-order valence-electron chi connectivity index (χ3n) is 2.47. The maximum Gasteiger partial charge on any atom is 0.348 e. The molecule has 0 radical (unpaired) electrons. The second-order valence-electron chi connectivity index (χ2n) is 3.90. The molecule has 0 N–H and O–H groups in total. The van der Waals surface area contributed by atoms with Crippen LogP contribution in [0.3, 0.4) is 0 Å². The van der Waals surface area contributed by atoms with E-state index in [2.05, 4.69) is 6.58 Å². The average molecular weight is 287 g/mol.